The maximum Gasteiger partial charge on any atom is 0.239 e. The van der Waals surface area contributed by atoms with Crippen molar-refractivity contribution in [1.82, 2.24) is 10.2 Å². The lowest BCUT2D eigenvalue weighted by molar-refractivity contribution is -0.136. The molecule has 1 saturated heterocycles. The standard InChI is InChI=1S/C14H26N2O/c1-3-11(4-2)10-16-9-5-6-13(14(16)17)15-12-7-8-12/h11-13,15H,3-10H2,1-2H3. The maximum absolute atomic E-state index is 12.3. The highest BCUT2D eigenvalue weighted by molar-refractivity contribution is 5.82. The number of piperidine rings is 1. The first kappa shape index (κ1) is 12.9. The Labute approximate surface area is 105 Å². The Balaban J connectivity index is 1.85. The molecule has 17 heavy (non-hydrogen) atoms. The smallest absolute Gasteiger partial charge is 0.239 e. The van der Waals surface area contributed by atoms with Crippen LogP contribution in [0.4, 0.5) is 0 Å². The molecule has 3 heteroatoms. The van der Waals surface area contributed by atoms with Gasteiger partial charge in [0.25, 0.3) is 0 Å². The molecule has 2 fully saturated rings. The van der Waals surface area contributed by atoms with E-state index in [1.807, 2.05) is 0 Å². The highest BCUT2D eigenvalue weighted by Gasteiger charge is 2.33. The summed E-state index contributed by atoms with van der Waals surface area (Å²) in [5.41, 5.74) is 0. The zero-order chi connectivity index (χ0) is 12.3. The van der Waals surface area contributed by atoms with Crippen LogP contribution in [0, 0.1) is 5.92 Å². The topological polar surface area (TPSA) is 32.3 Å². The molecule has 98 valence electrons. The van der Waals surface area contributed by atoms with E-state index in [4.69, 9.17) is 0 Å². The van der Waals surface area contributed by atoms with Gasteiger partial charge in [-0.05, 0) is 31.6 Å². The molecule has 1 N–H and O–H groups in total. The third-order valence-corrected chi connectivity index (χ3v) is 4.18. The first-order valence-electron chi connectivity index (χ1n) is 7.29. The molecule has 0 aromatic carbocycles. The fourth-order valence-corrected chi connectivity index (χ4v) is 2.67. The van der Waals surface area contributed by atoms with E-state index >= 15 is 0 Å². The minimum atomic E-state index is 0.116. The third-order valence-electron chi connectivity index (χ3n) is 4.18. The zero-order valence-electron chi connectivity index (χ0n) is 11.2. The van der Waals surface area contributed by atoms with Crippen molar-refractivity contribution >= 4 is 5.91 Å². The van der Waals surface area contributed by atoms with E-state index in [0.29, 0.717) is 17.9 Å². The van der Waals surface area contributed by atoms with Gasteiger partial charge in [-0.3, -0.25) is 4.79 Å². The summed E-state index contributed by atoms with van der Waals surface area (Å²) in [4.78, 5) is 14.4. The molecular weight excluding hydrogens is 212 g/mol. The highest BCUT2D eigenvalue weighted by atomic mass is 16.2. The van der Waals surface area contributed by atoms with Crippen molar-refractivity contribution in [3.05, 3.63) is 0 Å². The molecule has 0 radical (unpaired) electrons. The van der Waals surface area contributed by atoms with Crippen LogP contribution in [-0.4, -0.2) is 36.0 Å². The van der Waals surface area contributed by atoms with Crippen LogP contribution in [0.2, 0.25) is 0 Å². The van der Waals surface area contributed by atoms with Crippen molar-refractivity contribution in [1.29, 1.82) is 0 Å². The molecule has 1 unspecified atom stereocenters. The number of amides is 1. The van der Waals surface area contributed by atoms with Gasteiger partial charge < -0.3 is 10.2 Å². The minimum absolute atomic E-state index is 0.116. The second kappa shape index (κ2) is 5.85. The molecule has 2 rings (SSSR count). The molecule has 0 bridgehead atoms. The fraction of sp³-hybridized carbons (Fsp3) is 0.929. The Kier molecular flexibility index (Phi) is 4.43. The summed E-state index contributed by atoms with van der Waals surface area (Å²) >= 11 is 0. The molecular formula is C14H26N2O. The van der Waals surface area contributed by atoms with E-state index in [2.05, 4.69) is 24.1 Å². The van der Waals surface area contributed by atoms with Gasteiger partial charge in [-0.15, -0.1) is 0 Å². The van der Waals surface area contributed by atoms with Crippen molar-refractivity contribution in [2.75, 3.05) is 13.1 Å². The molecule has 3 nitrogen and oxygen atoms in total. The lowest BCUT2D eigenvalue weighted by Crippen LogP contribution is -2.52. The number of hydrogen-bond acceptors (Lipinski definition) is 2. The Morgan fingerprint density at radius 1 is 1.29 bits per heavy atom. The lowest BCUT2D eigenvalue weighted by Gasteiger charge is -2.35. The second-order valence-electron chi connectivity index (χ2n) is 5.60. The van der Waals surface area contributed by atoms with E-state index < -0.39 is 0 Å². The molecule has 1 aliphatic heterocycles. The zero-order valence-corrected chi connectivity index (χ0v) is 11.2. The van der Waals surface area contributed by atoms with Crippen LogP contribution in [-0.2, 0) is 4.79 Å². The summed E-state index contributed by atoms with van der Waals surface area (Å²) in [7, 11) is 0. The number of carbonyl (C=O) groups excluding carboxylic acids is 1. The predicted molar refractivity (Wildman–Crippen MR) is 69.8 cm³/mol. The largest absolute Gasteiger partial charge is 0.341 e. The van der Waals surface area contributed by atoms with Crippen LogP contribution < -0.4 is 5.32 Å². The van der Waals surface area contributed by atoms with Gasteiger partial charge in [0.1, 0.15) is 0 Å². The number of hydrogen-bond donors (Lipinski definition) is 1. The van der Waals surface area contributed by atoms with Gasteiger partial charge in [0.15, 0.2) is 0 Å². The average Bonchev–Trinajstić information content (AvgIpc) is 3.14. The van der Waals surface area contributed by atoms with Gasteiger partial charge in [-0.2, -0.15) is 0 Å². The Bertz CT molecular complexity index is 259. The summed E-state index contributed by atoms with van der Waals surface area (Å²) in [5, 5.41) is 3.49. The van der Waals surface area contributed by atoms with E-state index in [9.17, 15) is 4.79 Å². The molecule has 1 amide bonds. The van der Waals surface area contributed by atoms with Crippen LogP contribution in [0.25, 0.3) is 0 Å². The van der Waals surface area contributed by atoms with Crippen molar-refractivity contribution in [3.8, 4) is 0 Å². The van der Waals surface area contributed by atoms with Crippen molar-refractivity contribution in [3.63, 3.8) is 0 Å². The van der Waals surface area contributed by atoms with Crippen LogP contribution >= 0.6 is 0 Å². The van der Waals surface area contributed by atoms with E-state index in [0.717, 1.165) is 25.9 Å². The van der Waals surface area contributed by atoms with E-state index in [1.54, 1.807) is 0 Å². The van der Waals surface area contributed by atoms with Crippen LogP contribution in [0.5, 0.6) is 0 Å². The quantitative estimate of drug-likeness (QED) is 0.769. The minimum Gasteiger partial charge on any atom is -0.341 e. The first-order valence-corrected chi connectivity index (χ1v) is 7.29. The summed E-state index contributed by atoms with van der Waals surface area (Å²) < 4.78 is 0. The molecule has 1 aliphatic carbocycles. The monoisotopic (exact) mass is 238 g/mol. The van der Waals surface area contributed by atoms with Crippen LogP contribution in [0.15, 0.2) is 0 Å². The number of likely N-dealkylation sites (tertiary alicyclic amines) is 1. The fourth-order valence-electron chi connectivity index (χ4n) is 2.67. The van der Waals surface area contributed by atoms with Crippen LogP contribution in [0.3, 0.4) is 0 Å². The van der Waals surface area contributed by atoms with Gasteiger partial charge in [-0.1, -0.05) is 26.7 Å². The number of carbonyl (C=O) groups is 1. The SMILES string of the molecule is CCC(CC)CN1CCCC(NC2CC2)C1=O. The van der Waals surface area contributed by atoms with Gasteiger partial charge in [0.05, 0.1) is 6.04 Å². The van der Waals surface area contributed by atoms with Crippen molar-refractivity contribution in [2.24, 2.45) is 5.92 Å². The average molecular weight is 238 g/mol. The summed E-state index contributed by atoms with van der Waals surface area (Å²) in [6.07, 6.45) is 7.08. The maximum atomic E-state index is 12.3. The van der Waals surface area contributed by atoms with Crippen molar-refractivity contribution < 1.29 is 4.79 Å². The molecule has 0 aromatic heterocycles. The summed E-state index contributed by atoms with van der Waals surface area (Å²) in [6.45, 7) is 6.39. The summed E-state index contributed by atoms with van der Waals surface area (Å²) in [6, 6.07) is 0.752. The Hall–Kier alpha value is -0.570. The third kappa shape index (κ3) is 3.44. The molecule has 1 atom stereocenters. The van der Waals surface area contributed by atoms with Gasteiger partial charge in [-0.25, -0.2) is 0 Å². The Morgan fingerprint density at radius 3 is 2.59 bits per heavy atom. The number of nitrogens with one attached hydrogen (secondary N) is 1. The second-order valence-corrected chi connectivity index (χ2v) is 5.60. The lowest BCUT2D eigenvalue weighted by atomic mass is 9.99. The Morgan fingerprint density at radius 2 is 2.00 bits per heavy atom. The molecule has 0 aromatic rings. The van der Waals surface area contributed by atoms with Crippen LogP contribution in [0.1, 0.15) is 52.4 Å². The normalized spacial score (nSPS) is 25.7. The highest BCUT2D eigenvalue weighted by Crippen LogP contribution is 2.23. The van der Waals surface area contributed by atoms with Gasteiger partial charge >= 0.3 is 0 Å². The molecule has 1 heterocycles. The first-order chi connectivity index (χ1) is 8.24. The van der Waals surface area contributed by atoms with Crippen molar-refractivity contribution in [2.45, 2.75) is 64.5 Å². The predicted octanol–water partition coefficient (Wildman–Crippen LogP) is 2.17. The number of nitrogens with zero attached hydrogens (tertiary/aromatic N) is 1. The molecule has 0 spiro atoms. The number of rotatable bonds is 6. The molecule has 2 aliphatic rings. The molecule has 1 saturated carbocycles. The van der Waals surface area contributed by atoms with Gasteiger partial charge in [0.2, 0.25) is 5.91 Å². The van der Waals surface area contributed by atoms with E-state index in [-0.39, 0.29) is 6.04 Å². The summed E-state index contributed by atoms with van der Waals surface area (Å²) in [5.74, 6) is 1.04. The van der Waals surface area contributed by atoms with E-state index in [1.165, 1.54) is 25.7 Å². The van der Waals surface area contributed by atoms with Gasteiger partial charge in [0, 0.05) is 19.1 Å².